The van der Waals surface area contributed by atoms with Gasteiger partial charge in [0.15, 0.2) is 12.0 Å². The van der Waals surface area contributed by atoms with Crippen LogP contribution in [-0.4, -0.2) is 89.3 Å². The Balaban J connectivity index is 0.000000241. The minimum Gasteiger partial charge on any atom is -0.395 e. The van der Waals surface area contributed by atoms with Gasteiger partial charge in [0.2, 0.25) is 5.52 Å². The van der Waals surface area contributed by atoms with Crippen molar-refractivity contribution < 1.29 is 34.4 Å². The number of unbranched alkanes of at least 4 members (excludes halogenated alkanes) is 1. The van der Waals surface area contributed by atoms with Crippen LogP contribution >= 0.6 is 25.3 Å². The maximum absolute atomic E-state index is 12.5. The quantitative estimate of drug-likeness (QED) is 0.0163. The van der Waals surface area contributed by atoms with Crippen LogP contribution in [0.3, 0.4) is 0 Å². The molecule has 0 aliphatic carbocycles. The van der Waals surface area contributed by atoms with Crippen molar-refractivity contribution in [2.45, 2.75) is 64.8 Å². The highest BCUT2D eigenvalue weighted by atomic mass is 32.1. The van der Waals surface area contributed by atoms with Gasteiger partial charge in [0, 0.05) is 74.0 Å². The summed E-state index contributed by atoms with van der Waals surface area (Å²) in [7, 11) is 0. The molecule has 4 aromatic carbocycles. The zero-order valence-corrected chi connectivity index (χ0v) is 38.6. The molecule has 2 unspecified atom stereocenters. The minimum absolute atomic E-state index is 0.0101. The SMILES string of the molecule is CC(O)CN(CC(C)O)c1ccc(N=Nc2cc[n+](CCCCS)c3ccccc23)cc1.O=C(CCCS)C[n+]1c(N=Nc2ccc(N(CCO)CCO)cc2)ccc2ccccc21. The van der Waals surface area contributed by atoms with Crippen molar-refractivity contribution in [1.82, 2.24) is 0 Å². The van der Waals surface area contributed by atoms with Gasteiger partial charge in [0.05, 0.1) is 41.6 Å². The number of aliphatic hydroxyl groups excluding tert-OH is 4. The van der Waals surface area contributed by atoms with Crippen LogP contribution in [0.4, 0.5) is 34.3 Å². The number of carbonyl (C=O) groups is 1. The molecular weight excluding hydrogens is 845 g/mol. The highest BCUT2D eigenvalue weighted by Gasteiger charge is 2.18. The number of fused-ring (bicyclic) bond motifs is 2. The summed E-state index contributed by atoms with van der Waals surface area (Å²) >= 11 is 8.50. The lowest BCUT2D eigenvalue weighted by Gasteiger charge is -2.27. The molecule has 0 saturated carbocycles. The summed E-state index contributed by atoms with van der Waals surface area (Å²) in [4.78, 5) is 16.3. The van der Waals surface area contributed by atoms with E-state index < -0.39 is 12.2 Å². The van der Waals surface area contributed by atoms with Crippen molar-refractivity contribution in [2.75, 3.05) is 60.7 Å². The average molecular weight is 907 g/mol. The van der Waals surface area contributed by atoms with E-state index >= 15 is 0 Å². The van der Waals surface area contributed by atoms with Gasteiger partial charge in [-0.1, -0.05) is 30.3 Å². The van der Waals surface area contributed by atoms with Crippen LogP contribution in [-0.2, 0) is 17.9 Å². The second-order valence-electron chi connectivity index (χ2n) is 15.5. The Hall–Kier alpha value is -5.29. The Bertz CT molecular complexity index is 2400. The van der Waals surface area contributed by atoms with Crippen molar-refractivity contribution in [3.05, 3.63) is 121 Å². The zero-order valence-electron chi connectivity index (χ0n) is 36.8. The Morgan fingerprint density at radius 1 is 0.641 bits per heavy atom. The van der Waals surface area contributed by atoms with Gasteiger partial charge in [-0.25, -0.2) is 4.57 Å². The first kappa shape index (κ1) is 49.7. The van der Waals surface area contributed by atoms with E-state index in [1.165, 1.54) is 0 Å². The fourth-order valence-electron chi connectivity index (χ4n) is 7.20. The second kappa shape index (κ2) is 26.5. The largest absolute Gasteiger partial charge is 0.395 e. The molecule has 64 heavy (non-hydrogen) atoms. The molecule has 0 spiro atoms. The lowest BCUT2D eigenvalue weighted by Crippen LogP contribution is -2.39. The summed E-state index contributed by atoms with van der Waals surface area (Å²) < 4.78 is 4.16. The molecule has 6 rings (SSSR count). The number of pyridine rings is 2. The fraction of sp³-hybridized carbons (Fsp3) is 0.367. The Kier molecular flexibility index (Phi) is 20.6. The van der Waals surface area contributed by atoms with Gasteiger partial charge in [0.1, 0.15) is 30.0 Å². The summed E-state index contributed by atoms with van der Waals surface area (Å²) in [5.74, 6) is 2.32. The molecule has 2 aromatic heterocycles. The molecule has 2 atom stereocenters. The van der Waals surface area contributed by atoms with Gasteiger partial charge in [-0.2, -0.15) is 34.9 Å². The average Bonchev–Trinajstić information content (AvgIpc) is 3.30. The number of carbonyl (C=O) groups excluding carboxylic acids is 1. The van der Waals surface area contributed by atoms with E-state index in [9.17, 15) is 25.2 Å². The molecule has 0 saturated heterocycles. The van der Waals surface area contributed by atoms with Crippen molar-refractivity contribution in [3.8, 4) is 0 Å². The number of aromatic nitrogens is 2. The van der Waals surface area contributed by atoms with Crippen LogP contribution in [0.25, 0.3) is 21.8 Å². The van der Waals surface area contributed by atoms with Crippen LogP contribution in [0.1, 0.15) is 39.5 Å². The molecule has 0 aliphatic heterocycles. The predicted molar refractivity (Wildman–Crippen MR) is 263 cm³/mol. The highest BCUT2D eigenvalue weighted by Crippen LogP contribution is 2.28. The van der Waals surface area contributed by atoms with Crippen molar-refractivity contribution in [2.24, 2.45) is 20.5 Å². The topological polar surface area (TPSA) is 162 Å². The molecule has 0 fully saturated rings. The number of aryl methyl sites for hydroxylation is 1. The van der Waals surface area contributed by atoms with Gasteiger partial charge >= 0.3 is 5.82 Å². The molecule has 15 heteroatoms. The number of nitrogens with zero attached hydrogens (tertiary/aromatic N) is 8. The van der Waals surface area contributed by atoms with E-state index in [2.05, 4.69) is 68.6 Å². The van der Waals surface area contributed by atoms with Gasteiger partial charge in [-0.15, -0.1) is 5.11 Å². The first-order chi connectivity index (χ1) is 31.1. The molecule has 13 nitrogen and oxygen atoms in total. The molecule has 6 aromatic rings. The number of hydrogen-bond acceptors (Lipinski definition) is 13. The summed E-state index contributed by atoms with van der Waals surface area (Å²) in [5, 5.41) is 57.8. The summed E-state index contributed by atoms with van der Waals surface area (Å²) in [6, 6.07) is 37.1. The van der Waals surface area contributed by atoms with E-state index in [0.717, 1.165) is 76.1 Å². The number of benzene rings is 4. The first-order valence-electron chi connectivity index (χ1n) is 21.8. The van der Waals surface area contributed by atoms with Gasteiger partial charge < -0.3 is 30.2 Å². The van der Waals surface area contributed by atoms with E-state index in [-0.39, 0.29) is 25.5 Å². The van der Waals surface area contributed by atoms with Crippen LogP contribution in [0.5, 0.6) is 0 Å². The Morgan fingerprint density at radius 3 is 1.83 bits per heavy atom. The van der Waals surface area contributed by atoms with E-state index in [0.29, 0.717) is 49.9 Å². The number of rotatable bonds is 23. The lowest BCUT2D eigenvalue weighted by atomic mass is 10.2. The molecule has 0 aliphatic rings. The number of Topliss-reactive ketones (excluding diaryl/α,β-unsaturated/α-hetero) is 1. The number of anilines is 2. The molecular formula is C49H62N8O5S2+2. The smallest absolute Gasteiger partial charge is 0.351 e. The first-order valence-corrected chi connectivity index (χ1v) is 23.1. The number of hydrogen-bond donors (Lipinski definition) is 6. The van der Waals surface area contributed by atoms with Crippen LogP contribution in [0.15, 0.2) is 142 Å². The summed E-state index contributed by atoms with van der Waals surface area (Å²) in [6.07, 6.45) is 4.51. The molecule has 0 amide bonds. The Labute approximate surface area is 387 Å². The van der Waals surface area contributed by atoms with Crippen molar-refractivity contribution >= 4 is 87.1 Å². The van der Waals surface area contributed by atoms with Crippen LogP contribution in [0, 0.1) is 0 Å². The number of para-hydroxylation sites is 2. The van der Waals surface area contributed by atoms with Crippen molar-refractivity contribution in [3.63, 3.8) is 0 Å². The predicted octanol–water partition coefficient (Wildman–Crippen LogP) is 8.43. The third-order valence-electron chi connectivity index (χ3n) is 10.3. The monoisotopic (exact) mass is 906 g/mol. The Morgan fingerprint density at radius 2 is 1.22 bits per heavy atom. The van der Waals surface area contributed by atoms with Gasteiger partial charge in [0.25, 0.3) is 0 Å². The van der Waals surface area contributed by atoms with Crippen molar-refractivity contribution in [1.29, 1.82) is 0 Å². The van der Waals surface area contributed by atoms with Gasteiger partial charge in [-0.05, 0) is 110 Å². The van der Waals surface area contributed by atoms with Crippen LogP contribution < -0.4 is 18.9 Å². The highest BCUT2D eigenvalue weighted by molar-refractivity contribution is 7.80. The summed E-state index contributed by atoms with van der Waals surface area (Å²) in [5.41, 5.74) is 6.15. The normalized spacial score (nSPS) is 12.4. The molecule has 2 heterocycles. The standard InChI is InChI=1S/C25H32N4O2S.C24H28N4O3S/c1-19(30)17-29(18-20(2)31)22-11-9-21(10-12-22)26-27-24-13-15-28(14-5-6-16-32)25-8-4-3-7-23(24)25;29-15-13-27(14-16-30)21-10-8-20(9-11-21)25-26-24-12-7-19-4-1-2-6-23(19)28(24)18-22(31)5-3-17-32/h3-4,7-13,15,19-20,30-31H,5-6,14,16-18H2,1-2H3;1-2,4,6-12,29-30H,3,5,13-18H2/p+2. The fourth-order valence-corrected chi connectivity index (χ4v) is 7.58. The third-order valence-corrected chi connectivity index (χ3v) is 10.9. The summed E-state index contributed by atoms with van der Waals surface area (Å²) in [6.45, 7) is 6.49. The van der Waals surface area contributed by atoms with E-state index in [1.54, 1.807) is 13.8 Å². The zero-order chi connectivity index (χ0) is 45.7. The molecule has 0 radical (unpaired) electrons. The minimum atomic E-state index is -0.486. The van der Waals surface area contributed by atoms with Crippen LogP contribution in [0.2, 0.25) is 0 Å². The van der Waals surface area contributed by atoms with Gasteiger partial charge in [-0.3, -0.25) is 4.79 Å². The third kappa shape index (κ3) is 15.2. The maximum Gasteiger partial charge on any atom is 0.351 e. The number of aliphatic hydroxyl groups is 4. The number of ketones is 1. The lowest BCUT2D eigenvalue weighted by molar-refractivity contribution is -0.671. The maximum atomic E-state index is 12.5. The molecule has 338 valence electrons. The van der Waals surface area contributed by atoms with E-state index in [1.807, 2.05) is 117 Å². The molecule has 0 bridgehead atoms. The molecule has 4 N–H and O–H groups in total. The number of azo groups is 2. The van der Waals surface area contributed by atoms with E-state index in [4.69, 9.17) is 0 Å². The second-order valence-corrected chi connectivity index (χ2v) is 16.4. The number of thiol groups is 2.